The summed E-state index contributed by atoms with van der Waals surface area (Å²) in [4.78, 5) is 0. The van der Waals surface area contributed by atoms with Crippen LogP contribution in [0.3, 0.4) is 0 Å². The number of nitrogens with one attached hydrogen (secondary N) is 1. The zero-order valence-electron chi connectivity index (χ0n) is 11.7. The first-order valence-electron chi connectivity index (χ1n) is 6.64. The molecule has 0 amide bonds. The highest BCUT2D eigenvalue weighted by molar-refractivity contribution is 6.30. The van der Waals surface area contributed by atoms with Gasteiger partial charge in [-0.15, -0.1) is 0 Å². The summed E-state index contributed by atoms with van der Waals surface area (Å²) >= 11 is 6.03. The third-order valence-electron chi connectivity index (χ3n) is 3.43. The second kappa shape index (κ2) is 6.23. The topological polar surface area (TPSA) is 12.0 Å². The number of halogens is 1. The van der Waals surface area contributed by atoms with Crippen LogP contribution in [0.1, 0.15) is 42.6 Å². The molecule has 1 N–H and O–H groups in total. The molecule has 2 aromatic rings. The molecule has 0 aliphatic heterocycles. The summed E-state index contributed by atoms with van der Waals surface area (Å²) in [5, 5.41) is 4.39. The Morgan fingerprint density at radius 2 is 1.53 bits per heavy atom. The zero-order chi connectivity index (χ0) is 13.8. The lowest BCUT2D eigenvalue weighted by Crippen LogP contribution is -2.22. The quantitative estimate of drug-likeness (QED) is 0.821. The van der Waals surface area contributed by atoms with E-state index in [1.54, 1.807) is 0 Å². The van der Waals surface area contributed by atoms with Crippen LogP contribution in [0.5, 0.6) is 0 Å². The van der Waals surface area contributed by atoms with Crippen molar-refractivity contribution in [1.82, 2.24) is 5.32 Å². The van der Waals surface area contributed by atoms with Crippen LogP contribution in [-0.4, -0.2) is 0 Å². The third-order valence-corrected chi connectivity index (χ3v) is 3.66. The van der Waals surface area contributed by atoms with Crippen molar-refractivity contribution < 1.29 is 0 Å². The molecule has 0 spiro atoms. The van der Waals surface area contributed by atoms with E-state index in [2.05, 4.69) is 56.4 Å². The fourth-order valence-electron chi connectivity index (χ4n) is 2.20. The fraction of sp³-hybridized carbons (Fsp3) is 0.294. The number of rotatable bonds is 4. The summed E-state index contributed by atoms with van der Waals surface area (Å²) in [6.07, 6.45) is 0. The largest absolute Gasteiger partial charge is 0.304 e. The predicted octanol–water partition coefficient (Wildman–Crippen LogP) is 5.06. The van der Waals surface area contributed by atoms with Gasteiger partial charge in [-0.2, -0.15) is 0 Å². The highest BCUT2D eigenvalue weighted by Crippen LogP contribution is 2.21. The van der Waals surface area contributed by atoms with Crippen molar-refractivity contribution in [3.8, 4) is 0 Å². The van der Waals surface area contributed by atoms with Crippen LogP contribution in [0.4, 0.5) is 0 Å². The number of hydrogen-bond donors (Lipinski definition) is 1. The van der Waals surface area contributed by atoms with E-state index in [9.17, 15) is 0 Å². The third kappa shape index (κ3) is 3.82. The van der Waals surface area contributed by atoms with E-state index in [0.717, 1.165) is 5.02 Å². The minimum Gasteiger partial charge on any atom is -0.304 e. The monoisotopic (exact) mass is 273 g/mol. The molecule has 0 saturated heterocycles. The molecule has 19 heavy (non-hydrogen) atoms. The van der Waals surface area contributed by atoms with Gasteiger partial charge in [-0.05, 0) is 44.0 Å². The highest BCUT2D eigenvalue weighted by Gasteiger charge is 2.11. The van der Waals surface area contributed by atoms with Crippen molar-refractivity contribution in [2.45, 2.75) is 32.9 Å². The molecule has 2 aromatic carbocycles. The Bertz CT molecular complexity index is 533. The Kier molecular flexibility index (Phi) is 4.62. The summed E-state index contributed by atoms with van der Waals surface area (Å²) in [6.45, 7) is 6.46. The van der Waals surface area contributed by atoms with Crippen molar-refractivity contribution in [2.75, 3.05) is 0 Å². The van der Waals surface area contributed by atoms with E-state index < -0.39 is 0 Å². The molecule has 1 nitrogen and oxygen atoms in total. The van der Waals surface area contributed by atoms with E-state index in [1.807, 2.05) is 18.2 Å². The van der Waals surface area contributed by atoms with Gasteiger partial charge in [-0.1, -0.05) is 53.6 Å². The Hall–Kier alpha value is -1.31. The first-order chi connectivity index (χ1) is 9.06. The molecule has 0 aliphatic rings. The fourth-order valence-corrected chi connectivity index (χ4v) is 2.40. The van der Waals surface area contributed by atoms with Crippen molar-refractivity contribution in [3.63, 3.8) is 0 Å². The summed E-state index contributed by atoms with van der Waals surface area (Å²) in [7, 11) is 0. The van der Waals surface area contributed by atoms with Crippen molar-refractivity contribution >= 4 is 11.6 Å². The first kappa shape index (κ1) is 14.1. The standard InChI is InChI=1S/C17H20ClN/c1-12-7-9-15(10-8-12)13(2)19-14(3)16-5-4-6-17(18)11-16/h4-11,13-14,19H,1-3H3/t13?,14-/m1/s1. The molecule has 0 fully saturated rings. The molecule has 2 heteroatoms. The lowest BCUT2D eigenvalue weighted by atomic mass is 10.0. The number of hydrogen-bond acceptors (Lipinski definition) is 1. The van der Waals surface area contributed by atoms with E-state index in [1.165, 1.54) is 16.7 Å². The molecule has 0 radical (unpaired) electrons. The van der Waals surface area contributed by atoms with Gasteiger partial charge in [0, 0.05) is 17.1 Å². The van der Waals surface area contributed by atoms with Crippen LogP contribution in [0.2, 0.25) is 5.02 Å². The van der Waals surface area contributed by atoms with Gasteiger partial charge in [0.15, 0.2) is 0 Å². The van der Waals surface area contributed by atoms with Gasteiger partial charge >= 0.3 is 0 Å². The van der Waals surface area contributed by atoms with Crippen LogP contribution in [0.15, 0.2) is 48.5 Å². The summed E-state index contributed by atoms with van der Waals surface area (Å²) in [5.74, 6) is 0. The van der Waals surface area contributed by atoms with Crippen molar-refractivity contribution in [3.05, 3.63) is 70.2 Å². The second-order valence-corrected chi connectivity index (χ2v) is 5.51. The molecule has 0 bridgehead atoms. The van der Waals surface area contributed by atoms with Crippen LogP contribution < -0.4 is 5.32 Å². The first-order valence-corrected chi connectivity index (χ1v) is 7.02. The molecule has 100 valence electrons. The van der Waals surface area contributed by atoms with Crippen LogP contribution >= 0.6 is 11.6 Å². The average Bonchev–Trinajstić information content (AvgIpc) is 2.39. The molecular weight excluding hydrogens is 254 g/mol. The Morgan fingerprint density at radius 1 is 0.895 bits per heavy atom. The van der Waals surface area contributed by atoms with E-state index in [-0.39, 0.29) is 6.04 Å². The highest BCUT2D eigenvalue weighted by atomic mass is 35.5. The maximum Gasteiger partial charge on any atom is 0.0409 e. The van der Waals surface area contributed by atoms with Gasteiger partial charge < -0.3 is 5.32 Å². The zero-order valence-corrected chi connectivity index (χ0v) is 12.4. The minimum atomic E-state index is 0.273. The Labute approximate surface area is 120 Å². The second-order valence-electron chi connectivity index (χ2n) is 5.08. The maximum absolute atomic E-state index is 6.03. The summed E-state index contributed by atoms with van der Waals surface area (Å²) in [6, 6.07) is 17.3. The average molecular weight is 274 g/mol. The molecule has 0 aromatic heterocycles. The smallest absolute Gasteiger partial charge is 0.0409 e. The molecular formula is C17H20ClN. The lowest BCUT2D eigenvalue weighted by molar-refractivity contribution is 0.494. The number of benzene rings is 2. The molecule has 1 unspecified atom stereocenters. The van der Waals surface area contributed by atoms with Gasteiger partial charge in [-0.3, -0.25) is 0 Å². The molecule has 2 atom stereocenters. The Balaban J connectivity index is 2.06. The van der Waals surface area contributed by atoms with Crippen LogP contribution in [0.25, 0.3) is 0 Å². The van der Waals surface area contributed by atoms with Gasteiger partial charge in [0.05, 0.1) is 0 Å². The SMILES string of the molecule is Cc1ccc(C(C)N[C@H](C)c2cccc(Cl)c2)cc1. The minimum absolute atomic E-state index is 0.273. The molecule has 0 heterocycles. The van der Waals surface area contributed by atoms with Crippen molar-refractivity contribution in [1.29, 1.82) is 0 Å². The lowest BCUT2D eigenvalue weighted by Gasteiger charge is -2.21. The maximum atomic E-state index is 6.03. The van der Waals surface area contributed by atoms with E-state index in [0.29, 0.717) is 6.04 Å². The van der Waals surface area contributed by atoms with E-state index in [4.69, 9.17) is 11.6 Å². The summed E-state index contributed by atoms with van der Waals surface area (Å²) < 4.78 is 0. The van der Waals surface area contributed by atoms with Gasteiger partial charge in [-0.25, -0.2) is 0 Å². The van der Waals surface area contributed by atoms with Crippen LogP contribution in [-0.2, 0) is 0 Å². The van der Waals surface area contributed by atoms with Crippen molar-refractivity contribution in [2.24, 2.45) is 0 Å². The van der Waals surface area contributed by atoms with E-state index >= 15 is 0 Å². The molecule has 0 saturated carbocycles. The van der Waals surface area contributed by atoms with Gasteiger partial charge in [0.25, 0.3) is 0 Å². The van der Waals surface area contributed by atoms with Gasteiger partial charge in [0.2, 0.25) is 0 Å². The van der Waals surface area contributed by atoms with Gasteiger partial charge in [0.1, 0.15) is 0 Å². The Morgan fingerprint density at radius 3 is 2.16 bits per heavy atom. The number of aryl methyl sites for hydroxylation is 1. The van der Waals surface area contributed by atoms with Crippen LogP contribution in [0, 0.1) is 6.92 Å². The molecule has 2 rings (SSSR count). The summed E-state index contributed by atoms with van der Waals surface area (Å²) in [5.41, 5.74) is 3.81. The predicted molar refractivity (Wildman–Crippen MR) is 82.6 cm³/mol. The normalized spacial score (nSPS) is 14.1. The molecule has 0 aliphatic carbocycles.